The van der Waals surface area contributed by atoms with Crippen LogP contribution in [0.25, 0.3) is 0 Å². The molecule has 3 rings (SSSR count). The summed E-state index contributed by atoms with van der Waals surface area (Å²) in [5.41, 5.74) is 1.85. The Hall–Kier alpha value is -2.69. The van der Waals surface area contributed by atoms with Crippen LogP contribution in [-0.4, -0.2) is 52.3 Å². The first-order valence-corrected chi connectivity index (χ1v) is 10.4. The number of anilines is 1. The zero-order valence-corrected chi connectivity index (χ0v) is 21.1. The molecule has 1 aliphatic rings. The number of aliphatic imine (C=N–C) groups is 1. The van der Waals surface area contributed by atoms with Gasteiger partial charge in [0.25, 0.3) is 5.91 Å². The van der Waals surface area contributed by atoms with E-state index in [2.05, 4.69) is 15.6 Å². The van der Waals surface area contributed by atoms with Crippen molar-refractivity contribution in [2.24, 2.45) is 4.99 Å². The Balaban J connectivity index is 0.00000363. The Bertz CT molecular complexity index is 923. The van der Waals surface area contributed by atoms with Crippen molar-refractivity contribution >= 4 is 41.5 Å². The number of fused-ring (bicyclic) bond motifs is 1. The molecule has 9 heteroatoms. The molecule has 1 heterocycles. The van der Waals surface area contributed by atoms with Crippen LogP contribution < -0.4 is 29.7 Å². The highest BCUT2D eigenvalue weighted by Crippen LogP contribution is 2.31. The largest absolute Gasteiger partial charge is 0.493 e. The summed E-state index contributed by atoms with van der Waals surface area (Å²) in [6.45, 7) is 4.67. The Morgan fingerprint density at radius 1 is 1.12 bits per heavy atom. The van der Waals surface area contributed by atoms with Crippen LogP contribution in [0.1, 0.15) is 18.9 Å². The summed E-state index contributed by atoms with van der Waals surface area (Å²) in [4.78, 5) is 18.7. The molecule has 32 heavy (non-hydrogen) atoms. The number of methoxy groups -OCH3 is 2. The van der Waals surface area contributed by atoms with Gasteiger partial charge in [0.15, 0.2) is 24.1 Å². The molecular formula is C23H31IN4O4. The van der Waals surface area contributed by atoms with Gasteiger partial charge in [0.2, 0.25) is 0 Å². The molecule has 174 valence electrons. The third-order valence-electron chi connectivity index (χ3n) is 4.87. The van der Waals surface area contributed by atoms with Gasteiger partial charge in [0.05, 0.1) is 26.5 Å². The molecule has 0 aromatic heterocycles. The van der Waals surface area contributed by atoms with Gasteiger partial charge in [-0.05, 0) is 43.2 Å². The van der Waals surface area contributed by atoms with E-state index in [9.17, 15) is 4.79 Å². The van der Waals surface area contributed by atoms with Crippen molar-refractivity contribution in [3.8, 4) is 17.2 Å². The van der Waals surface area contributed by atoms with Gasteiger partial charge in [0, 0.05) is 19.6 Å². The lowest BCUT2D eigenvalue weighted by Crippen LogP contribution is -2.42. The number of hydrogen-bond donors (Lipinski definition) is 2. The van der Waals surface area contributed by atoms with Gasteiger partial charge in [-0.2, -0.15) is 0 Å². The van der Waals surface area contributed by atoms with E-state index >= 15 is 0 Å². The number of carbonyl (C=O) groups excluding carboxylic acids is 1. The predicted molar refractivity (Wildman–Crippen MR) is 137 cm³/mol. The van der Waals surface area contributed by atoms with Gasteiger partial charge in [0.1, 0.15) is 5.75 Å². The molecule has 8 nitrogen and oxygen atoms in total. The Kier molecular flexibility index (Phi) is 10.4. The fourth-order valence-corrected chi connectivity index (χ4v) is 3.33. The molecule has 1 amide bonds. The van der Waals surface area contributed by atoms with Crippen molar-refractivity contribution in [3.05, 3.63) is 48.0 Å². The van der Waals surface area contributed by atoms with Crippen molar-refractivity contribution < 1.29 is 19.0 Å². The average Bonchev–Trinajstić information content (AvgIpc) is 2.81. The van der Waals surface area contributed by atoms with E-state index in [0.29, 0.717) is 31.1 Å². The molecule has 0 atom stereocenters. The maximum Gasteiger partial charge on any atom is 0.265 e. The zero-order valence-electron chi connectivity index (χ0n) is 18.7. The van der Waals surface area contributed by atoms with E-state index in [1.807, 2.05) is 49.4 Å². The van der Waals surface area contributed by atoms with Gasteiger partial charge in [-0.15, -0.1) is 24.0 Å². The molecular weight excluding hydrogens is 523 g/mol. The summed E-state index contributed by atoms with van der Waals surface area (Å²) >= 11 is 0. The van der Waals surface area contributed by atoms with Gasteiger partial charge < -0.3 is 29.7 Å². The molecule has 0 bridgehead atoms. The van der Waals surface area contributed by atoms with Crippen LogP contribution in [0, 0.1) is 0 Å². The van der Waals surface area contributed by atoms with Gasteiger partial charge in [-0.25, -0.2) is 4.99 Å². The average molecular weight is 554 g/mol. The van der Waals surface area contributed by atoms with Gasteiger partial charge >= 0.3 is 0 Å². The minimum absolute atomic E-state index is 0. The normalized spacial score (nSPS) is 12.9. The Labute approximate surface area is 206 Å². The van der Waals surface area contributed by atoms with Gasteiger partial charge in [-0.1, -0.05) is 18.2 Å². The molecule has 1 aliphatic heterocycles. The molecule has 0 unspecified atom stereocenters. The van der Waals surface area contributed by atoms with Crippen LogP contribution in [0.4, 0.5) is 5.69 Å². The maximum atomic E-state index is 12.3. The molecule has 0 fully saturated rings. The number of para-hydroxylation sites is 2. The Morgan fingerprint density at radius 2 is 1.91 bits per heavy atom. The second-order valence-corrected chi connectivity index (χ2v) is 6.97. The van der Waals surface area contributed by atoms with E-state index in [-0.39, 0.29) is 36.5 Å². The van der Waals surface area contributed by atoms with E-state index in [1.165, 1.54) is 0 Å². The van der Waals surface area contributed by atoms with Crippen LogP contribution in [0.3, 0.4) is 0 Å². The number of carbonyl (C=O) groups is 1. The lowest BCUT2D eigenvalue weighted by atomic mass is 10.2. The summed E-state index contributed by atoms with van der Waals surface area (Å²) in [6, 6.07) is 13.4. The van der Waals surface area contributed by atoms with Crippen molar-refractivity contribution in [2.75, 3.05) is 45.4 Å². The van der Waals surface area contributed by atoms with E-state index in [1.54, 1.807) is 19.1 Å². The minimum atomic E-state index is -0.0206. The second-order valence-electron chi connectivity index (χ2n) is 6.97. The number of nitrogens with one attached hydrogen (secondary N) is 2. The summed E-state index contributed by atoms with van der Waals surface area (Å²) in [6.07, 6.45) is 0.779. The SMILES string of the molecule is CCNC(=NCc1ccc(OC)c(OC)c1)NCCCN1C(=O)COc2ccccc21.I. The van der Waals surface area contributed by atoms with Crippen LogP contribution in [-0.2, 0) is 11.3 Å². The van der Waals surface area contributed by atoms with Crippen molar-refractivity contribution in [1.29, 1.82) is 0 Å². The fraction of sp³-hybridized carbons (Fsp3) is 0.391. The van der Waals surface area contributed by atoms with E-state index < -0.39 is 0 Å². The van der Waals surface area contributed by atoms with Crippen LogP contribution in [0.15, 0.2) is 47.5 Å². The third-order valence-corrected chi connectivity index (χ3v) is 4.87. The highest BCUT2D eigenvalue weighted by molar-refractivity contribution is 14.0. The number of hydrogen-bond acceptors (Lipinski definition) is 5. The summed E-state index contributed by atoms with van der Waals surface area (Å²) in [5, 5.41) is 6.58. The van der Waals surface area contributed by atoms with Crippen LogP contribution in [0.5, 0.6) is 17.2 Å². The Morgan fingerprint density at radius 3 is 2.66 bits per heavy atom. The molecule has 0 saturated heterocycles. The van der Waals surface area contributed by atoms with Crippen molar-refractivity contribution in [2.45, 2.75) is 19.9 Å². The lowest BCUT2D eigenvalue weighted by molar-refractivity contribution is -0.121. The van der Waals surface area contributed by atoms with E-state index in [4.69, 9.17) is 14.2 Å². The monoisotopic (exact) mass is 554 g/mol. The molecule has 0 aliphatic carbocycles. The minimum Gasteiger partial charge on any atom is -0.493 e. The number of rotatable bonds is 9. The topological polar surface area (TPSA) is 84.4 Å². The highest BCUT2D eigenvalue weighted by atomic mass is 127. The standard InChI is InChI=1S/C23H30N4O4.HI/c1-4-24-23(26-15-17-10-11-20(29-2)21(14-17)30-3)25-12-7-13-27-18-8-5-6-9-19(18)31-16-22(27)28;/h5-6,8-11,14H,4,7,12-13,15-16H2,1-3H3,(H2,24,25,26);1H. The molecule has 0 saturated carbocycles. The lowest BCUT2D eigenvalue weighted by Gasteiger charge is -2.29. The number of ether oxygens (including phenoxy) is 3. The molecule has 0 radical (unpaired) electrons. The van der Waals surface area contributed by atoms with Crippen molar-refractivity contribution in [3.63, 3.8) is 0 Å². The third kappa shape index (κ3) is 6.65. The molecule has 0 spiro atoms. The zero-order chi connectivity index (χ0) is 22.1. The maximum absolute atomic E-state index is 12.3. The molecule has 2 aromatic carbocycles. The first-order valence-electron chi connectivity index (χ1n) is 10.4. The summed E-state index contributed by atoms with van der Waals surface area (Å²) in [7, 11) is 3.24. The summed E-state index contributed by atoms with van der Waals surface area (Å²) in [5.74, 6) is 2.83. The predicted octanol–water partition coefficient (Wildman–Crippen LogP) is 3.19. The van der Waals surface area contributed by atoms with E-state index in [0.717, 1.165) is 35.9 Å². The quantitative estimate of drug-likeness (QED) is 0.215. The van der Waals surface area contributed by atoms with Crippen LogP contribution >= 0.6 is 24.0 Å². The second kappa shape index (κ2) is 13.0. The first-order chi connectivity index (χ1) is 15.2. The number of nitrogens with zero attached hydrogens (tertiary/aromatic N) is 2. The number of guanidine groups is 1. The summed E-state index contributed by atoms with van der Waals surface area (Å²) < 4.78 is 16.1. The smallest absolute Gasteiger partial charge is 0.265 e. The molecule has 2 aromatic rings. The van der Waals surface area contributed by atoms with Gasteiger partial charge in [-0.3, -0.25) is 4.79 Å². The fourth-order valence-electron chi connectivity index (χ4n) is 3.33. The highest BCUT2D eigenvalue weighted by Gasteiger charge is 2.24. The van der Waals surface area contributed by atoms with Crippen LogP contribution in [0.2, 0.25) is 0 Å². The first kappa shape index (κ1) is 25.6. The number of benzene rings is 2. The number of amides is 1. The molecule has 2 N–H and O–H groups in total. The van der Waals surface area contributed by atoms with Crippen molar-refractivity contribution in [1.82, 2.24) is 10.6 Å². The number of halogens is 1.